The fraction of sp³-hybridized carbons (Fsp3) is 0.436. The predicted molar refractivity (Wildman–Crippen MR) is 197 cm³/mol. The molecule has 1 saturated heterocycles. The number of unbranched alkanes of at least 4 members (excludes halogenated alkanes) is 1. The third kappa shape index (κ3) is 12.3. The van der Waals surface area contributed by atoms with E-state index in [1.807, 2.05) is 68.4 Å². The quantitative estimate of drug-likeness (QED) is 0.0964. The summed E-state index contributed by atoms with van der Waals surface area (Å²) >= 11 is 0. The molecule has 3 aromatic rings. The number of aryl methyl sites for hydroxylation is 1. The van der Waals surface area contributed by atoms with Gasteiger partial charge < -0.3 is 25.7 Å². The van der Waals surface area contributed by atoms with E-state index in [1.54, 1.807) is 41.3 Å². The molecule has 1 fully saturated rings. The molecule has 10 nitrogen and oxygen atoms in total. The average Bonchev–Trinajstić information content (AvgIpc) is 3.60. The van der Waals surface area contributed by atoms with Gasteiger partial charge in [0.05, 0.1) is 0 Å². The smallest absolute Gasteiger partial charge is 0.254 e. The van der Waals surface area contributed by atoms with Crippen LogP contribution in [0.2, 0.25) is 0 Å². The van der Waals surface area contributed by atoms with Crippen LogP contribution in [0.5, 0.6) is 0 Å². The highest BCUT2D eigenvalue weighted by Gasteiger charge is 2.35. The number of likely N-dealkylation sites (tertiary alicyclic amines) is 1. The molecule has 0 saturated carbocycles. The Balaban J connectivity index is 1.31. The number of benzene rings is 3. The first kappa shape index (κ1) is 38.5. The Bertz CT molecular complexity index is 1590. The topological polar surface area (TPSA) is 145 Å². The molecule has 4 N–H and O–H groups in total. The summed E-state index contributed by atoms with van der Waals surface area (Å²) in [4.78, 5) is 65.6. The van der Waals surface area contributed by atoms with Gasteiger partial charge in [-0.25, -0.2) is 0 Å². The number of para-hydroxylation sites is 1. The molecular formula is C39H51N4O6P. The van der Waals surface area contributed by atoms with Crippen molar-refractivity contribution in [2.45, 2.75) is 70.9 Å². The monoisotopic (exact) mass is 702 g/mol. The molecule has 3 aromatic carbocycles. The second kappa shape index (κ2) is 19.2. The van der Waals surface area contributed by atoms with Crippen LogP contribution in [-0.4, -0.2) is 70.9 Å². The SMILES string of the molecule is CC(C)C[C@H](NC(=O)[C@H](CCc1ccccc1)CP(=O)(O)CCCCNC(=O)[C@@H]1CCCN1C(=O)c1ccccc1)C(=O)Nc1ccccc1. The first-order valence-corrected chi connectivity index (χ1v) is 19.7. The van der Waals surface area contributed by atoms with E-state index in [9.17, 15) is 28.6 Å². The van der Waals surface area contributed by atoms with Gasteiger partial charge in [0.1, 0.15) is 12.1 Å². The van der Waals surface area contributed by atoms with E-state index in [-0.39, 0.29) is 36.0 Å². The van der Waals surface area contributed by atoms with Crippen molar-refractivity contribution in [2.24, 2.45) is 11.8 Å². The van der Waals surface area contributed by atoms with Crippen LogP contribution in [-0.2, 0) is 25.4 Å². The van der Waals surface area contributed by atoms with E-state index < -0.39 is 31.3 Å². The second-order valence-electron chi connectivity index (χ2n) is 13.5. The van der Waals surface area contributed by atoms with Gasteiger partial charge in [0.2, 0.25) is 25.1 Å². The lowest BCUT2D eigenvalue weighted by molar-refractivity contribution is -0.129. The minimum atomic E-state index is -3.74. The third-order valence-electron chi connectivity index (χ3n) is 8.95. The maximum absolute atomic E-state index is 13.7. The predicted octanol–water partition coefficient (Wildman–Crippen LogP) is 5.88. The maximum Gasteiger partial charge on any atom is 0.254 e. The molecule has 1 aliphatic heterocycles. The molecule has 4 atom stereocenters. The lowest BCUT2D eigenvalue weighted by Crippen LogP contribution is -2.47. The van der Waals surface area contributed by atoms with Crippen molar-refractivity contribution in [1.82, 2.24) is 15.5 Å². The first-order valence-electron chi connectivity index (χ1n) is 17.7. The summed E-state index contributed by atoms with van der Waals surface area (Å²) in [6, 6.07) is 26.3. The molecule has 0 radical (unpaired) electrons. The van der Waals surface area contributed by atoms with Gasteiger partial charge in [0, 0.05) is 42.6 Å². The average molecular weight is 703 g/mol. The molecule has 0 aliphatic carbocycles. The maximum atomic E-state index is 13.7. The van der Waals surface area contributed by atoms with E-state index in [1.165, 1.54) is 0 Å². The fourth-order valence-corrected chi connectivity index (χ4v) is 8.25. The molecule has 11 heteroatoms. The summed E-state index contributed by atoms with van der Waals surface area (Å²) in [6.45, 7) is 4.78. The largest absolute Gasteiger partial charge is 0.354 e. The number of carbonyl (C=O) groups excluding carboxylic acids is 4. The number of rotatable bonds is 18. The zero-order valence-electron chi connectivity index (χ0n) is 29.1. The van der Waals surface area contributed by atoms with E-state index in [0.29, 0.717) is 62.9 Å². The van der Waals surface area contributed by atoms with Crippen molar-refractivity contribution in [2.75, 3.05) is 30.7 Å². The number of hydrogen-bond acceptors (Lipinski definition) is 5. The zero-order valence-corrected chi connectivity index (χ0v) is 30.0. The lowest BCUT2D eigenvalue weighted by atomic mass is 9.98. The normalized spacial score (nSPS) is 16.6. The van der Waals surface area contributed by atoms with E-state index in [2.05, 4.69) is 16.0 Å². The summed E-state index contributed by atoms with van der Waals surface area (Å²) in [7, 11) is -3.74. The summed E-state index contributed by atoms with van der Waals surface area (Å²) in [5.74, 6) is -1.79. The number of nitrogens with one attached hydrogen (secondary N) is 3. The zero-order chi connectivity index (χ0) is 35.9. The van der Waals surface area contributed by atoms with Crippen LogP contribution in [0, 0.1) is 11.8 Å². The highest BCUT2D eigenvalue weighted by molar-refractivity contribution is 7.58. The third-order valence-corrected chi connectivity index (χ3v) is 11.0. The standard InChI is InChI=1S/C39H51N4O6P/c1-29(2)27-34(37(45)41-33-19-10-5-11-20-33)42-36(44)32(23-22-30-15-6-3-7-16-30)28-50(48,49)26-13-12-24-40-38(46)35-21-14-25-43(35)39(47)31-17-8-4-9-18-31/h3-11,15-20,29,32,34-35H,12-14,21-28H2,1-2H3,(H,40,46)(H,41,45)(H,42,44)(H,48,49)/t32-,34+,35+/m1/s1. The molecule has 0 bridgehead atoms. The van der Waals surface area contributed by atoms with E-state index in [4.69, 9.17) is 0 Å². The molecule has 50 heavy (non-hydrogen) atoms. The Labute approximate surface area is 295 Å². The van der Waals surface area contributed by atoms with Crippen LogP contribution in [0.1, 0.15) is 68.3 Å². The molecule has 0 aromatic heterocycles. The summed E-state index contributed by atoms with van der Waals surface area (Å²) in [5.41, 5.74) is 2.19. The molecule has 0 spiro atoms. The van der Waals surface area contributed by atoms with Crippen molar-refractivity contribution < 1.29 is 28.6 Å². The number of anilines is 1. The fourth-order valence-electron chi connectivity index (χ4n) is 6.31. The Morgan fingerprint density at radius 3 is 2.18 bits per heavy atom. The number of hydrogen-bond donors (Lipinski definition) is 4. The van der Waals surface area contributed by atoms with Crippen LogP contribution >= 0.6 is 7.37 Å². The minimum Gasteiger partial charge on any atom is -0.354 e. The molecule has 4 rings (SSSR count). The summed E-state index contributed by atoms with van der Waals surface area (Å²) in [6.07, 6.45) is 3.31. The Morgan fingerprint density at radius 1 is 0.880 bits per heavy atom. The van der Waals surface area contributed by atoms with Gasteiger partial charge in [-0.2, -0.15) is 0 Å². The van der Waals surface area contributed by atoms with Crippen LogP contribution in [0.25, 0.3) is 0 Å². The Morgan fingerprint density at radius 2 is 1.52 bits per heavy atom. The molecule has 4 amide bonds. The first-order chi connectivity index (χ1) is 24.0. The van der Waals surface area contributed by atoms with Crippen molar-refractivity contribution in [3.8, 4) is 0 Å². The van der Waals surface area contributed by atoms with Gasteiger partial charge in [-0.05, 0) is 80.7 Å². The highest BCUT2D eigenvalue weighted by Crippen LogP contribution is 2.44. The van der Waals surface area contributed by atoms with E-state index in [0.717, 1.165) is 12.0 Å². The van der Waals surface area contributed by atoms with Crippen molar-refractivity contribution >= 4 is 36.7 Å². The Hall–Kier alpha value is -4.27. The van der Waals surface area contributed by atoms with Crippen LogP contribution in [0.4, 0.5) is 5.69 Å². The number of carbonyl (C=O) groups is 4. The highest BCUT2D eigenvalue weighted by atomic mass is 31.2. The van der Waals surface area contributed by atoms with Gasteiger partial charge in [0.25, 0.3) is 5.91 Å². The van der Waals surface area contributed by atoms with Gasteiger partial charge in [-0.1, -0.05) is 80.6 Å². The molecule has 1 aliphatic rings. The van der Waals surface area contributed by atoms with Crippen molar-refractivity contribution in [1.29, 1.82) is 0 Å². The lowest BCUT2D eigenvalue weighted by Gasteiger charge is -2.25. The minimum absolute atomic E-state index is 0.00392. The van der Waals surface area contributed by atoms with Crippen LogP contribution < -0.4 is 16.0 Å². The van der Waals surface area contributed by atoms with Gasteiger partial charge >= 0.3 is 0 Å². The van der Waals surface area contributed by atoms with E-state index >= 15 is 0 Å². The summed E-state index contributed by atoms with van der Waals surface area (Å²) in [5, 5.41) is 8.68. The number of nitrogens with zero attached hydrogens (tertiary/aromatic N) is 1. The van der Waals surface area contributed by atoms with Crippen LogP contribution in [0.15, 0.2) is 91.0 Å². The van der Waals surface area contributed by atoms with Crippen LogP contribution in [0.3, 0.4) is 0 Å². The Kier molecular flexibility index (Phi) is 14.8. The van der Waals surface area contributed by atoms with Crippen molar-refractivity contribution in [3.63, 3.8) is 0 Å². The second-order valence-corrected chi connectivity index (χ2v) is 16.0. The van der Waals surface area contributed by atoms with Gasteiger partial charge in [-0.15, -0.1) is 0 Å². The van der Waals surface area contributed by atoms with Gasteiger partial charge in [0.15, 0.2) is 0 Å². The van der Waals surface area contributed by atoms with Crippen molar-refractivity contribution in [3.05, 3.63) is 102 Å². The molecular weight excluding hydrogens is 651 g/mol. The molecule has 1 heterocycles. The summed E-state index contributed by atoms with van der Waals surface area (Å²) < 4.78 is 13.5. The molecule has 268 valence electrons. The number of amides is 4. The van der Waals surface area contributed by atoms with Gasteiger partial charge in [-0.3, -0.25) is 23.7 Å². The molecule has 1 unspecified atom stereocenters.